The third-order valence-electron chi connectivity index (χ3n) is 5.53. The van der Waals surface area contributed by atoms with Crippen LogP contribution in [0.1, 0.15) is 37.9 Å². The van der Waals surface area contributed by atoms with Crippen molar-refractivity contribution in [1.82, 2.24) is 16.1 Å². The Morgan fingerprint density at radius 1 is 0.974 bits per heavy atom. The number of nitrogens with zero attached hydrogens (tertiary/aromatic N) is 1. The minimum Gasteiger partial charge on any atom is -0.493 e. The van der Waals surface area contributed by atoms with Crippen molar-refractivity contribution in [3.8, 4) is 23.0 Å². The first-order valence-electron chi connectivity index (χ1n) is 12.2. The Labute approximate surface area is 226 Å². The topological polar surface area (TPSA) is 146 Å². The summed E-state index contributed by atoms with van der Waals surface area (Å²) in [6.07, 6.45) is 1.47. The lowest BCUT2D eigenvalue weighted by Crippen LogP contribution is -2.45. The molecule has 0 radical (unpaired) electrons. The lowest BCUT2D eigenvalue weighted by atomic mass is 9.95. The van der Waals surface area contributed by atoms with Gasteiger partial charge < -0.3 is 34.3 Å². The summed E-state index contributed by atoms with van der Waals surface area (Å²) in [4.78, 5) is 36.9. The molecule has 1 heterocycles. The fourth-order valence-corrected chi connectivity index (χ4v) is 3.80. The van der Waals surface area contributed by atoms with E-state index >= 15 is 0 Å². The third kappa shape index (κ3) is 7.40. The molecule has 0 saturated heterocycles. The van der Waals surface area contributed by atoms with Crippen molar-refractivity contribution < 1.29 is 38.1 Å². The van der Waals surface area contributed by atoms with Crippen LogP contribution in [0.15, 0.2) is 52.8 Å². The molecule has 2 aromatic carbocycles. The number of urea groups is 1. The van der Waals surface area contributed by atoms with Gasteiger partial charge in [-0.1, -0.05) is 6.07 Å². The highest BCUT2D eigenvalue weighted by atomic mass is 16.5. The normalized spacial score (nSPS) is 14.8. The number of esters is 1. The highest BCUT2D eigenvalue weighted by Gasteiger charge is 2.32. The van der Waals surface area contributed by atoms with Crippen LogP contribution in [0.4, 0.5) is 4.79 Å². The predicted octanol–water partition coefficient (Wildman–Crippen LogP) is 2.82. The monoisotopic (exact) mass is 540 g/mol. The average molecular weight is 541 g/mol. The lowest BCUT2D eigenvalue weighted by Gasteiger charge is -2.28. The number of methoxy groups -OCH3 is 2. The summed E-state index contributed by atoms with van der Waals surface area (Å²) >= 11 is 0. The van der Waals surface area contributed by atoms with E-state index in [9.17, 15) is 14.4 Å². The van der Waals surface area contributed by atoms with Gasteiger partial charge in [0.1, 0.15) is 0 Å². The van der Waals surface area contributed by atoms with E-state index in [-0.39, 0.29) is 24.5 Å². The van der Waals surface area contributed by atoms with Gasteiger partial charge in [0, 0.05) is 5.70 Å². The average Bonchev–Trinajstić information content (AvgIpc) is 2.92. The summed E-state index contributed by atoms with van der Waals surface area (Å²) in [5, 5.41) is 9.26. The molecule has 0 bridgehead atoms. The summed E-state index contributed by atoms with van der Waals surface area (Å²) < 4.78 is 27.0. The Bertz CT molecular complexity index is 1270. The Morgan fingerprint density at radius 2 is 1.67 bits per heavy atom. The first kappa shape index (κ1) is 28.8. The summed E-state index contributed by atoms with van der Waals surface area (Å²) in [5.41, 5.74) is 4.33. The fourth-order valence-electron chi connectivity index (χ4n) is 3.80. The second kappa shape index (κ2) is 13.7. The van der Waals surface area contributed by atoms with Gasteiger partial charge in [-0.2, -0.15) is 5.10 Å². The van der Waals surface area contributed by atoms with Crippen molar-refractivity contribution in [2.75, 3.05) is 34.0 Å². The van der Waals surface area contributed by atoms with Crippen molar-refractivity contribution in [2.24, 2.45) is 5.10 Å². The SMILES string of the molecule is CCOC(=O)C1=C(C)NC(=O)N[C@@H]1c1ccc(OCC(=O)N/N=C\c2ccc(OCC)c(OC)c2)c(OC)c1. The van der Waals surface area contributed by atoms with E-state index in [1.54, 1.807) is 50.2 Å². The molecule has 12 nitrogen and oxygen atoms in total. The molecular formula is C27H32N4O8. The number of allylic oxidation sites excluding steroid dienone is 1. The number of carbonyl (C=O) groups excluding carboxylic acids is 3. The second-order valence-electron chi connectivity index (χ2n) is 8.13. The van der Waals surface area contributed by atoms with E-state index in [1.807, 2.05) is 6.92 Å². The molecule has 12 heteroatoms. The van der Waals surface area contributed by atoms with Gasteiger partial charge in [0.25, 0.3) is 5.91 Å². The number of hydrazone groups is 1. The quantitative estimate of drug-likeness (QED) is 0.212. The first-order valence-corrected chi connectivity index (χ1v) is 12.2. The number of rotatable bonds is 12. The minimum absolute atomic E-state index is 0.187. The highest BCUT2D eigenvalue weighted by molar-refractivity contribution is 5.95. The maximum atomic E-state index is 12.6. The van der Waals surface area contributed by atoms with E-state index in [0.717, 1.165) is 0 Å². The molecule has 0 spiro atoms. The van der Waals surface area contributed by atoms with Crippen LogP contribution in [0.25, 0.3) is 0 Å². The lowest BCUT2D eigenvalue weighted by molar-refractivity contribution is -0.139. The Hall–Kier alpha value is -4.74. The molecule has 3 rings (SSSR count). The number of ether oxygens (including phenoxy) is 5. The maximum absolute atomic E-state index is 12.6. The van der Waals surface area contributed by atoms with E-state index < -0.39 is 23.9 Å². The van der Waals surface area contributed by atoms with Crippen molar-refractivity contribution in [2.45, 2.75) is 26.8 Å². The molecule has 0 aromatic heterocycles. The largest absolute Gasteiger partial charge is 0.493 e. The van der Waals surface area contributed by atoms with Gasteiger partial charge in [0.15, 0.2) is 29.6 Å². The number of amides is 3. The van der Waals surface area contributed by atoms with Crippen molar-refractivity contribution >= 4 is 24.1 Å². The van der Waals surface area contributed by atoms with Gasteiger partial charge in [-0.25, -0.2) is 15.0 Å². The van der Waals surface area contributed by atoms with Gasteiger partial charge in [-0.3, -0.25) is 4.79 Å². The van der Waals surface area contributed by atoms with E-state index in [2.05, 4.69) is 21.2 Å². The van der Waals surface area contributed by atoms with Crippen LogP contribution in [0.2, 0.25) is 0 Å². The van der Waals surface area contributed by atoms with E-state index in [0.29, 0.717) is 40.7 Å². The molecule has 3 amide bonds. The molecular weight excluding hydrogens is 508 g/mol. The van der Waals surface area contributed by atoms with Crippen LogP contribution < -0.4 is 35.0 Å². The van der Waals surface area contributed by atoms with E-state index in [1.165, 1.54) is 20.4 Å². The van der Waals surface area contributed by atoms with Gasteiger partial charge in [0.2, 0.25) is 0 Å². The number of hydrogen-bond acceptors (Lipinski definition) is 9. The Balaban J connectivity index is 1.66. The van der Waals surface area contributed by atoms with Crippen molar-refractivity contribution in [1.29, 1.82) is 0 Å². The third-order valence-corrected chi connectivity index (χ3v) is 5.53. The summed E-state index contributed by atoms with van der Waals surface area (Å²) in [7, 11) is 2.98. The molecule has 1 atom stereocenters. The van der Waals surface area contributed by atoms with Gasteiger partial charge in [-0.15, -0.1) is 0 Å². The molecule has 0 unspecified atom stereocenters. The van der Waals surface area contributed by atoms with Gasteiger partial charge in [-0.05, 0) is 62.2 Å². The summed E-state index contributed by atoms with van der Waals surface area (Å²) in [6, 6.07) is 8.92. The zero-order chi connectivity index (χ0) is 28.4. The Kier molecular flexibility index (Phi) is 10.1. The van der Waals surface area contributed by atoms with Crippen LogP contribution in [-0.4, -0.2) is 58.2 Å². The summed E-state index contributed by atoms with van der Waals surface area (Å²) in [5.74, 6) is 0.710. The molecule has 0 fully saturated rings. The molecule has 1 aliphatic heterocycles. The van der Waals surface area contributed by atoms with Crippen molar-refractivity contribution in [3.63, 3.8) is 0 Å². The van der Waals surface area contributed by atoms with Gasteiger partial charge in [0.05, 0.1) is 45.3 Å². The molecule has 0 saturated carbocycles. The van der Waals surface area contributed by atoms with E-state index in [4.69, 9.17) is 23.7 Å². The Morgan fingerprint density at radius 3 is 2.36 bits per heavy atom. The maximum Gasteiger partial charge on any atom is 0.338 e. The molecule has 1 aliphatic rings. The predicted molar refractivity (Wildman–Crippen MR) is 142 cm³/mol. The molecule has 3 N–H and O–H groups in total. The molecule has 2 aromatic rings. The van der Waals surface area contributed by atoms with Crippen molar-refractivity contribution in [3.05, 3.63) is 58.8 Å². The smallest absolute Gasteiger partial charge is 0.338 e. The van der Waals surface area contributed by atoms with Crippen LogP contribution in [0, 0.1) is 0 Å². The van der Waals surface area contributed by atoms with Crippen LogP contribution >= 0.6 is 0 Å². The summed E-state index contributed by atoms with van der Waals surface area (Å²) in [6.45, 7) is 5.56. The van der Waals surface area contributed by atoms with Crippen LogP contribution in [0.5, 0.6) is 23.0 Å². The molecule has 0 aliphatic carbocycles. The second-order valence-corrected chi connectivity index (χ2v) is 8.13. The number of hydrogen-bond donors (Lipinski definition) is 3. The number of benzene rings is 2. The number of nitrogens with one attached hydrogen (secondary N) is 3. The zero-order valence-corrected chi connectivity index (χ0v) is 22.5. The van der Waals surface area contributed by atoms with Crippen LogP contribution in [-0.2, 0) is 14.3 Å². The highest BCUT2D eigenvalue weighted by Crippen LogP contribution is 2.34. The molecule has 39 heavy (non-hydrogen) atoms. The first-order chi connectivity index (χ1) is 18.8. The van der Waals surface area contributed by atoms with Gasteiger partial charge >= 0.3 is 12.0 Å². The minimum atomic E-state index is -0.764. The van der Waals surface area contributed by atoms with Crippen LogP contribution in [0.3, 0.4) is 0 Å². The zero-order valence-electron chi connectivity index (χ0n) is 22.5. The fraction of sp³-hybridized carbons (Fsp3) is 0.333. The number of carbonyl (C=O) groups is 3. The standard InChI is InChI=1S/C27H32N4O8/c1-6-37-19-10-8-17(12-21(19)35-4)14-28-31-23(32)15-39-20-11-9-18(13-22(20)36-5)25-24(26(33)38-7-2)16(3)29-27(34)30-25/h8-14,25H,6-7,15H2,1-5H3,(H,31,32)(H2,29,30,34)/b28-14-/t25-/m1/s1. The molecule has 208 valence electrons.